The van der Waals surface area contributed by atoms with E-state index in [1.807, 2.05) is 19.2 Å². The second kappa shape index (κ2) is 4.56. The summed E-state index contributed by atoms with van der Waals surface area (Å²) in [5.41, 5.74) is 2.63. The van der Waals surface area contributed by atoms with Crippen molar-refractivity contribution in [1.29, 1.82) is 0 Å². The molecule has 3 rings (SSSR count). The lowest BCUT2D eigenvalue weighted by Crippen LogP contribution is -2.38. The summed E-state index contributed by atoms with van der Waals surface area (Å²) in [6, 6.07) is 6.36. The Morgan fingerprint density at radius 1 is 1.33 bits per heavy atom. The number of likely N-dealkylation sites (N-methyl/N-ethyl adjacent to an activating group) is 1. The molecule has 0 aromatic heterocycles. The van der Waals surface area contributed by atoms with Crippen molar-refractivity contribution in [3.8, 4) is 0 Å². The van der Waals surface area contributed by atoms with Crippen LogP contribution in [0.15, 0.2) is 18.2 Å². The molecular weight excluding hydrogens is 248 g/mol. The number of hydrogen-bond acceptors (Lipinski definition) is 2. The van der Waals surface area contributed by atoms with Gasteiger partial charge in [0.1, 0.15) is 0 Å². The zero-order chi connectivity index (χ0) is 12.7. The quantitative estimate of drug-likeness (QED) is 0.888. The summed E-state index contributed by atoms with van der Waals surface area (Å²) in [7, 11) is 1.87. The first kappa shape index (κ1) is 12.0. The van der Waals surface area contributed by atoms with Crippen LogP contribution in [0.3, 0.4) is 0 Å². The van der Waals surface area contributed by atoms with E-state index in [2.05, 4.69) is 11.4 Å². The smallest absolute Gasteiger partial charge is 0.239 e. The van der Waals surface area contributed by atoms with E-state index >= 15 is 0 Å². The number of nitrogens with one attached hydrogen (secondary N) is 1. The third kappa shape index (κ3) is 2.02. The molecule has 3 nitrogen and oxygen atoms in total. The molecule has 1 amide bonds. The van der Waals surface area contributed by atoms with E-state index in [0.29, 0.717) is 6.04 Å². The summed E-state index contributed by atoms with van der Waals surface area (Å²) < 4.78 is 0. The second-order valence-corrected chi connectivity index (χ2v) is 5.64. The molecular formula is C14H17ClN2O. The Morgan fingerprint density at radius 3 is 2.89 bits per heavy atom. The average molecular weight is 265 g/mol. The Labute approximate surface area is 112 Å². The molecule has 96 valence electrons. The first-order valence-corrected chi connectivity index (χ1v) is 6.82. The van der Waals surface area contributed by atoms with Crippen molar-refractivity contribution in [2.24, 2.45) is 0 Å². The van der Waals surface area contributed by atoms with E-state index in [-0.39, 0.29) is 11.9 Å². The first-order valence-electron chi connectivity index (χ1n) is 6.44. The van der Waals surface area contributed by atoms with Crippen LogP contribution in [0.4, 0.5) is 0 Å². The lowest BCUT2D eigenvalue weighted by molar-refractivity contribution is -0.128. The minimum atomic E-state index is -0.0124. The fraction of sp³-hybridized carbons (Fsp3) is 0.500. The van der Waals surface area contributed by atoms with Crippen LogP contribution in [0, 0.1) is 0 Å². The van der Waals surface area contributed by atoms with E-state index in [1.54, 1.807) is 4.90 Å². The van der Waals surface area contributed by atoms with Crippen LogP contribution in [0.1, 0.15) is 30.0 Å². The minimum absolute atomic E-state index is 0.0124. The van der Waals surface area contributed by atoms with E-state index in [4.69, 9.17) is 11.6 Å². The molecule has 1 saturated heterocycles. The van der Waals surface area contributed by atoms with Gasteiger partial charge >= 0.3 is 0 Å². The van der Waals surface area contributed by atoms with Gasteiger partial charge in [0.25, 0.3) is 0 Å². The summed E-state index contributed by atoms with van der Waals surface area (Å²) in [6.07, 6.45) is 3.02. The van der Waals surface area contributed by atoms with Gasteiger partial charge in [-0.3, -0.25) is 10.1 Å². The maximum absolute atomic E-state index is 11.9. The number of halogens is 1. The summed E-state index contributed by atoms with van der Waals surface area (Å²) >= 11 is 6.00. The molecule has 18 heavy (non-hydrogen) atoms. The number of nitrogens with zero attached hydrogens (tertiary/aromatic N) is 1. The van der Waals surface area contributed by atoms with Crippen LogP contribution in [-0.2, 0) is 11.2 Å². The monoisotopic (exact) mass is 264 g/mol. The van der Waals surface area contributed by atoms with E-state index in [1.165, 1.54) is 11.1 Å². The number of carbonyl (C=O) groups is 1. The van der Waals surface area contributed by atoms with Crippen LogP contribution >= 0.6 is 11.6 Å². The van der Waals surface area contributed by atoms with E-state index in [0.717, 1.165) is 30.8 Å². The van der Waals surface area contributed by atoms with Crippen molar-refractivity contribution in [2.45, 2.75) is 31.3 Å². The molecule has 0 saturated carbocycles. The number of rotatable bonds is 2. The molecule has 1 aromatic carbocycles. The van der Waals surface area contributed by atoms with Gasteiger partial charge in [-0.1, -0.05) is 17.7 Å². The van der Waals surface area contributed by atoms with Crippen molar-refractivity contribution < 1.29 is 4.79 Å². The van der Waals surface area contributed by atoms with Crippen LogP contribution in [0.25, 0.3) is 0 Å². The maximum atomic E-state index is 11.9. The zero-order valence-corrected chi connectivity index (χ0v) is 11.2. The first-order chi connectivity index (χ1) is 8.65. The normalized spacial score (nSPS) is 26.8. The van der Waals surface area contributed by atoms with E-state index in [9.17, 15) is 4.79 Å². The van der Waals surface area contributed by atoms with Gasteiger partial charge in [-0.25, -0.2) is 0 Å². The molecule has 2 atom stereocenters. The van der Waals surface area contributed by atoms with Crippen LogP contribution in [0.2, 0.25) is 5.02 Å². The molecule has 0 spiro atoms. The topological polar surface area (TPSA) is 32.3 Å². The Balaban J connectivity index is 1.75. The summed E-state index contributed by atoms with van der Waals surface area (Å²) in [6.45, 7) is 0.858. The number of fused-ring (bicyclic) bond motifs is 1. The van der Waals surface area contributed by atoms with Gasteiger partial charge in [-0.15, -0.1) is 0 Å². The van der Waals surface area contributed by atoms with Gasteiger partial charge in [0.15, 0.2) is 0 Å². The van der Waals surface area contributed by atoms with Gasteiger partial charge in [-0.05, 0) is 42.5 Å². The fourth-order valence-electron chi connectivity index (χ4n) is 2.98. The highest BCUT2D eigenvalue weighted by atomic mass is 35.5. The number of amides is 1. The SMILES string of the molecule is CN1CCC(NC2CCc3cc(Cl)ccc32)C1=O. The van der Waals surface area contributed by atoms with Crippen molar-refractivity contribution in [3.63, 3.8) is 0 Å². The molecule has 0 radical (unpaired) electrons. The number of aryl methyl sites for hydroxylation is 1. The maximum Gasteiger partial charge on any atom is 0.239 e. The predicted octanol–water partition coefficient (Wildman–Crippen LogP) is 2.15. The van der Waals surface area contributed by atoms with Crippen molar-refractivity contribution in [2.75, 3.05) is 13.6 Å². The van der Waals surface area contributed by atoms with Gasteiger partial charge < -0.3 is 4.90 Å². The van der Waals surface area contributed by atoms with E-state index < -0.39 is 0 Å². The van der Waals surface area contributed by atoms with Gasteiger partial charge in [0.05, 0.1) is 6.04 Å². The summed E-state index contributed by atoms with van der Waals surface area (Å²) in [5, 5.41) is 4.30. The van der Waals surface area contributed by atoms with Gasteiger partial charge in [0, 0.05) is 24.7 Å². The zero-order valence-electron chi connectivity index (χ0n) is 10.4. The van der Waals surface area contributed by atoms with Gasteiger partial charge in [-0.2, -0.15) is 0 Å². The van der Waals surface area contributed by atoms with Gasteiger partial charge in [0.2, 0.25) is 5.91 Å². The fourth-order valence-corrected chi connectivity index (χ4v) is 3.17. The highest BCUT2D eigenvalue weighted by molar-refractivity contribution is 6.30. The Morgan fingerprint density at radius 2 is 2.17 bits per heavy atom. The second-order valence-electron chi connectivity index (χ2n) is 5.20. The minimum Gasteiger partial charge on any atom is -0.344 e. The molecule has 1 aromatic rings. The summed E-state index contributed by atoms with van der Waals surface area (Å²) in [5.74, 6) is 0.220. The molecule has 1 N–H and O–H groups in total. The molecule has 1 aliphatic carbocycles. The summed E-state index contributed by atoms with van der Waals surface area (Å²) in [4.78, 5) is 13.7. The Bertz CT molecular complexity index is 489. The molecule has 2 unspecified atom stereocenters. The van der Waals surface area contributed by atoms with Crippen molar-refractivity contribution >= 4 is 17.5 Å². The number of carbonyl (C=O) groups excluding carboxylic acids is 1. The number of hydrogen-bond donors (Lipinski definition) is 1. The number of benzene rings is 1. The molecule has 1 heterocycles. The van der Waals surface area contributed by atoms with Crippen molar-refractivity contribution in [3.05, 3.63) is 34.3 Å². The highest BCUT2D eigenvalue weighted by Crippen LogP contribution is 2.33. The predicted molar refractivity (Wildman–Crippen MR) is 71.7 cm³/mol. The third-order valence-electron chi connectivity index (χ3n) is 4.01. The Hall–Kier alpha value is -1.06. The van der Waals surface area contributed by atoms with Crippen LogP contribution in [-0.4, -0.2) is 30.4 Å². The molecule has 1 aliphatic heterocycles. The average Bonchev–Trinajstić information content (AvgIpc) is 2.88. The molecule has 1 fully saturated rings. The standard InChI is InChI=1S/C14H17ClN2O/c1-17-7-6-13(14(17)18)16-12-5-2-9-8-10(15)3-4-11(9)12/h3-4,8,12-13,16H,2,5-7H2,1H3. The Kier molecular flexibility index (Phi) is 3.04. The lowest BCUT2D eigenvalue weighted by Gasteiger charge is -2.18. The van der Waals surface area contributed by atoms with Crippen LogP contribution in [0.5, 0.6) is 0 Å². The third-order valence-corrected chi connectivity index (χ3v) is 4.25. The van der Waals surface area contributed by atoms with Crippen LogP contribution < -0.4 is 5.32 Å². The number of likely N-dealkylation sites (tertiary alicyclic amines) is 1. The highest BCUT2D eigenvalue weighted by Gasteiger charge is 2.33. The lowest BCUT2D eigenvalue weighted by atomic mass is 10.1. The van der Waals surface area contributed by atoms with Crippen molar-refractivity contribution in [1.82, 2.24) is 10.2 Å². The largest absolute Gasteiger partial charge is 0.344 e. The molecule has 2 aliphatic rings. The molecule has 0 bridgehead atoms. The molecule has 4 heteroatoms.